The molecule has 24 heteroatoms. The molecule has 0 fully saturated rings. The molecule has 0 bridgehead atoms. The molecule has 1 rings (SSSR count). The Balaban J connectivity index is 3.30. The van der Waals surface area contributed by atoms with Gasteiger partial charge in [0.25, 0.3) is 0 Å². The normalized spacial score (nSPS) is 16.0. The zero-order valence-electron chi connectivity index (χ0n) is 35.1. The van der Waals surface area contributed by atoms with Crippen molar-refractivity contribution in [3.8, 4) is 0 Å². The Bertz CT molecular complexity index is 1770. The predicted molar refractivity (Wildman–Crippen MR) is 222 cm³/mol. The lowest BCUT2D eigenvalue weighted by Gasteiger charge is -2.29. The highest BCUT2D eigenvalue weighted by Gasteiger charge is 2.37. The Morgan fingerprint density at radius 1 is 0.548 bits per heavy atom. The lowest BCUT2D eigenvalue weighted by Crippen LogP contribution is -2.62. The van der Waals surface area contributed by atoms with Crippen molar-refractivity contribution in [2.75, 3.05) is 5.75 Å². The molecule has 0 saturated carbocycles. The number of carboxylic acids is 2. The Labute approximate surface area is 363 Å². The Morgan fingerprint density at radius 2 is 0.968 bits per heavy atom. The van der Waals surface area contributed by atoms with Crippen LogP contribution in [0.25, 0.3) is 0 Å². The molecule has 0 aromatic heterocycles. The topological polar surface area (TPSA) is 388 Å². The van der Waals surface area contributed by atoms with Gasteiger partial charge in [-0.25, -0.2) is 4.79 Å². The lowest BCUT2D eigenvalue weighted by molar-refractivity contribution is -0.144. The maximum absolute atomic E-state index is 13.5. The van der Waals surface area contributed by atoms with E-state index in [0.29, 0.717) is 5.56 Å². The number of aliphatic hydroxyl groups excluding tert-OH is 2. The number of primary amides is 1. The molecule has 23 nitrogen and oxygen atoms in total. The van der Waals surface area contributed by atoms with E-state index in [2.05, 4.69) is 49.8 Å². The van der Waals surface area contributed by atoms with Gasteiger partial charge in [0, 0.05) is 12.2 Å². The first-order valence-corrected chi connectivity index (χ1v) is 20.1. The van der Waals surface area contributed by atoms with Crippen molar-refractivity contribution < 1.29 is 68.4 Å². The van der Waals surface area contributed by atoms with E-state index in [0.717, 1.165) is 6.92 Å². The minimum absolute atomic E-state index is 0.0949. The number of carboxylic acid groups (broad SMARTS) is 2. The maximum atomic E-state index is 13.5. The number of nitrogens with two attached hydrogens (primary N) is 2. The molecule has 0 heterocycles. The zero-order chi connectivity index (χ0) is 47.6. The van der Waals surface area contributed by atoms with E-state index in [9.17, 15) is 68.4 Å². The van der Waals surface area contributed by atoms with Crippen LogP contribution in [0.5, 0.6) is 0 Å². The minimum atomic E-state index is -2.02. The van der Waals surface area contributed by atoms with Gasteiger partial charge in [0.05, 0.1) is 25.0 Å². The first-order chi connectivity index (χ1) is 28.8. The summed E-state index contributed by atoms with van der Waals surface area (Å²) >= 11 is 4.10. The number of benzene rings is 1. The summed E-state index contributed by atoms with van der Waals surface area (Å²) in [7, 11) is 0. The number of hydrogen-bond donors (Lipinski definition) is 14. The molecule has 0 aliphatic heterocycles. The van der Waals surface area contributed by atoms with Crippen molar-refractivity contribution in [1.29, 1.82) is 0 Å². The van der Waals surface area contributed by atoms with Crippen LogP contribution in [0.15, 0.2) is 30.3 Å². The summed E-state index contributed by atoms with van der Waals surface area (Å²) in [6.45, 7) is 8.48. The molecule has 62 heavy (non-hydrogen) atoms. The predicted octanol–water partition coefficient (Wildman–Crippen LogP) is -4.61. The number of thiol groups is 1. The minimum Gasteiger partial charge on any atom is -0.481 e. The van der Waals surface area contributed by atoms with Crippen molar-refractivity contribution >= 4 is 71.8 Å². The molecule has 346 valence electrons. The van der Waals surface area contributed by atoms with Crippen LogP contribution in [0, 0.1) is 11.8 Å². The van der Waals surface area contributed by atoms with Crippen LogP contribution >= 0.6 is 12.6 Å². The van der Waals surface area contributed by atoms with Crippen LogP contribution in [-0.4, -0.2) is 146 Å². The Kier molecular flexibility index (Phi) is 22.6. The third-order valence-electron chi connectivity index (χ3n) is 9.14. The summed E-state index contributed by atoms with van der Waals surface area (Å²) in [5.74, 6) is -13.3. The highest BCUT2D eigenvalue weighted by molar-refractivity contribution is 7.80. The molecule has 0 aliphatic carbocycles. The van der Waals surface area contributed by atoms with E-state index in [1.54, 1.807) is 44.2 Å². The van der Waals surface area contributed by atoms with Gasteiger partial charge in [-0.3, -0.25) is 43.2 Å². The molecule has 1 aromatic rings. The fourth-order valence-corrected chi connectivity index (χ4v) is 5.80. The molecule has 0 spiro atoms. The molecule has 15 N–H and O–H groups in total. The summed E-state index contributed by atoms with van der Waals surface area (Å²) in [5, 5.41) is 55.2. The number of rotatable bonds is 26. The second-order valence-electron chi connectivity index (χ2n) is 15.2. The van der Waals surface area contributed by atoms with E-state index in [4.69, 9.17) is 11.5 Å². The Hall–Kier alpha value is -5.85. The van der Waals surface area contributed by atoms with E-state index in [-0.39, 0.29) is 6.42 Å². The monoisotopic (exact) mass is 897 g/mol. The summed E-state index contributed by atoms with van der Waals surface area (Å²) in [6, 6.07) is -4.42. The number of aliphatic hydroxyl groups is 2. The third kappa shape index (κ3) is 18.0. The molecule has 0 radical (unpaired) electrons. The van der Waals surface area contributed by atoms with Gasteiger partial charge < -0.3 is 69.1 Å². The van der Waals surface area contributed by atoms with Gasteiger partial charge in [0.15, 0.2) is 0 Å². The van der Waals surface area contributed by atoms with Crippen molar-refractivity contribution in [3.63, 3.8) is 0 Å². The number of aliphatic carboxylic acids is 2. The molecule has 10 atom stereocenters. The lowest BCUT2D eigenvalue weighted by atomic mass is 9.99. The summed E-state index contributed by atoms with van der Waals surface area (Å²) in [6.07, 6.45) is -5.11. The van der Waals surface area contributed by atoms with Gasteiger partial charge in [-0.2, -0.15) is 12.6 Å². The molecule has 0 saturated heterocycles. The van der Waals surface area contributed by atoms with Crippen LogP contribution in [0.4, 0.5) is 0 Å². The van der Waals surface area contributed by atoms with Crippen molar-refractivity contribution in [2.24, 2.45) is 23.3 Å². The number of carbonyl (C=O) groups excluding carboxylic acids is 8. The van der Waals surface area contributed by atoms with Gasteiger partial charge in [-0.15, -0.1) is 0 Å². The van der Waals surface area contributed by atoms with Crippen LogP contribution in [0.1, 0.15) is 59.9 Å². The van der Waals surface area contributed by atoms with E-state index < -0.39 is 150 Å². The quantitative estimate of drug-likeness (QED) is 0.0389. The van der Waals surface area contributed by atoms with Gasteiger partial charge >= 0.3 is 11.9 Å². The van der Waals surface area contributed by atoms with Crippen LogP contribution in [0.2, 0.25) is 0 Å². The number of nitrogens with one attached hydrogen (secondary N) is 7. The second kappa shape index (κ2) is 25.8. The van der Waals surface area contributed by atoms with Gasteiger partial charge in [0.2, 0.25) is 47.3 Å². The number of carbonyl (C=O) groups is 10. The van der Waals surface area contributed by atoms with Crippen molar-refractivity contribution in [3.05, 3.63) is 35.9 Å². The van der Waals surface area contributed by atoms with Crippen LogP contribution in [-0.2, 0) is 54.4 Å². The molecule has 0 unspecified atom stereocenters. The average molecular weight is 898 g/mol. The molecular formula is C38H59N9O14S. The summed E-state index contributed by atoms with van der Waals surface area (Å²) < 4.78 is 0. The van der Waals surface area contributed by atoms with Crippen LogP contribution in [0.3, 0.4) is 0 Å². The van der Waals surface area contributed by atoms with Crippen molar-refractivity contribution in [1.82, 2.24) is 37.2 Å². The smallest absolute Gasteiger partial charge is 0.326 e. The highest BCUT2D eigenvalue weighted by atomic mass is 32.1. The van der Waals surface area contributed by atoms with Gasteiger partial charge in [0.1, 0.15) is 48.3 Å². The zero-order valence-corrected chi connectivity index (χ0v) is 36.0. The summed E-state index contributed by atoms with van der Waals surface area (Å²) in [5.41, 5.74) is 11.6. The standard InChI is InChI=1S/C38H59N9O14S/c1-16(2)28(36(58)46-29(17(3)4)38(60)61)45-37(59)30(19(6)49)47-33(55)23(14-26(51)52)42-32(54)22(13-25(39)50)41-34(56)24(15-62)44-31(53)21(12-20-10-8-7-9-11-20)43-35(57)27(40)18(5)48/h7-11,16-19,21-24,27-30,48-49,62H,12-15,40H2,1-6H3,(H2,39,50)(H,41,56)(H,42,54)(H,43,57)(H,44,53)(H,45,59)(H,46,58)(H,47,55)(H,51,52)(H,60,61)/t18-,19-,21+,22+,23+,24+,27+,28+,29+,30+/m1/s1. The first kappa shape index (κ1) is 54.2. The van der Waals surface area contributed by atoms with E-state index >= 15 is 0 Å². The second-order valence-corrected chi connectivity index (χ2v) is 15.5. The molecule has 8 amide bonds. The third-order valence-corrected chi connectivity index (χ3v) is 9.51. The summed E-state index contributed by atoms with van der Waals surface area (Å²) in [4.78, 5) is 129. The van der Waals surface area contributed by atoms with Gasteiger partial charge in [-0.05, 0) is 31.2 Å². The average Bonchev–Trinajstić information content (AvgIpc) is 3.17. The number of amides is 8. The SMILES string of the molecule is CC(C)[C@H](NC(=O)[C@@H](NC(=O)[C@@H](NC(=O)[C@H](CC(=O)O)NC(=O)[C@H](CC(N)=O)NC(=O)[C@H](CS)NC(=O)[C@H](Cc1ccccc1)NC(=O)[C@@H](N)[C@@H](C)O)[C@@H](C)O)C(C)C)C(=O)O. The highest BCUT2D eigenvalue weighted by Crippen LogP contribution is 2.10. The molecule has 0 aliphatic rings. The fraction of sp³-hybridized carbons (Fsp3) is 0.579. The fourth-order valence-electron chi connectivity index (χ4n) is 5.55. The maximum Gasteiger partial charge on any atom is 0.326 e. The first-order valence-electron chi connectivity index (χ1n) is 19.4. The molecular weight excluding hydrogens is 839 g/mol. The van der Waals surface area contributed by atoms with E-state index in [1.807, 2.05) is 0 Å². The van der Waals surface area contributed by atoms with Gasteiger partial charge in [-0.1, -0.05) is 58.0 Å². The Morgan fingerprint density at radius 3 is 1.42 bits per heavy atom. The number of hydrogen-bond acceptors (Lipinski definition) is 14. The van der Waals surface area contributed by atoms with Crippen molar-refractivity contribution in [2.45, 2.75) is 121 Å². The largest absolute Gasteiger partial charge is 0.481 e. The molecule has 1 aromatic carbocycles. The van der Waals surface area contributed by atoms with Crippen LogP contribution < -0.4 is 48.7 Å². The van der Waals surface area contributed by atoms with E-state index in [1.165, 1.54) is 20.8 Å².